The summed E-state index contributed by atoms with van der Waals surface area (Å²) in [4.78, 5) is 0. The third-order valence-electron chi connectivity index (χ3n) is 6.43. The molecule has 0 atom stereocenters. The molecule has 0 saturated carbocycles. The average molecular weight is 355 g/mol. The van der Waals surface area contributed by atoms with Gasteiger partial charge in [-0.05, 0) is 67.7 Å². The van der Waals surface area contributed by atoms with Crippen LogP contribution in [0.3, 0.4) is 0 Å². The Balaban J connectivity index is 2.02. The molecule has 27 heavy (non-hydrogen) atoms. The zero-order chi connectivity index (χ0) is 19.2. The lowest BCUT2D eigenvalue weighted by Gasteiger charge is -2.35. The minimum absolute atomic E-state index is 0.00542. The molecule has 0 radical (unpaired) electrons. The van der Waals surface area contributed by atoms with Crippen LogP contribution < -0.4 is 4.57 Å². The van der Waals surface area contributed by atoms with E-state index in [9.17, 15) is 0 Å². The Morgan fingerprint density at radius 3 is 2.41 bits per heavy atom. The van der Waals surface area contributed by atoms with E-state index in [2.05, 4.69) is 99.6 Å². The van der Waals surface area contributed by atoms with Crippen molar-refractivity contribution in [1.82, 2.24) is 0 Å². The molecule has 0 fully saturated rings. The van der Waals surface area contributed by atoms with Crippen molar-refractivity contribution in [2.24, 2.45) is 0 Å². The van der Waals surface area contributed by atoms with E-state index < -0.39 is 0 Å². The normalized spacial score (nSPS) is 14.6. The Morgan fingerprint density at radius 1 is 0.889 bits per heavy atom. The summed E-state index contributed by atoms with van der Waals surface area (Å²) in [6, 6.07) is 20.2. The third kappa shape index (κ3) is 2.56. The van der Waals surface area contributed by atoms with Crippen LogP contribution in [0.15, 0.2) is 67.4 Å². The number of pyridine rings is 1. The van der Waals surface area contributed by atoms with Gasteiger partial charge < -0.3 is 0 Å². The van der Waals surface area contributed by atoms with Gasteiger partial charge in [0.05, 0.1) is 11.0 Å². The van der Waals surface area contributed by atoms with E-state index in [1.165, 1.54) is 44.8 Å². The number of hydrogen-bond donors (Lipinski definition) is 0. The molecule has 4 rings (SSSR count). The van der Waals surface area contributed by atoms with E-state index >= 15 is 0 Å². The SMILES string of the molecule is C=C1[n+]2ccccc2-c2cc(-c3cc(C)ccc3C)ccc2C1(CC)CC. The molecule has 1 aliphatic heterocycles. The highest BCUT2D eigenvalue weighted by Gasteiger charge is 2.45. The van der Waals surface area contributed by atoms with Gasteiger partial charge in [0.25, 0.3) is 0 Å². The molecule has 3 aromatic rings. The summed E-state index contributed by atoms with van der Waals surface area (Å²) in [5, 5.41) is 0. The van der Waals surface area contributed by atoms with Crippen LogP contribution in [0.2, 0.25) is 0 Å². The lowest BCUT2D eigenvalue weighted by atomic mass is 9.68. The molecule has 2 heterocycles. The molecule has 0 aliphatic carbocycles. The van der Waals surface area contributed by atoms with Crippen molar-refractivity contribution in [2.75, 3.05) is 0 Å². The van der Waals surface area contributed by atoms with Crippen LogP contribution in [-0.4, -0.2) is 0 Å². The smallest absolute Gasteiger partial charge is 0.164 e. The monoisotopic (exact) mass is 354 g/mol. The Hall–Kier alpha value is -2.67. The maximum Gasteiger partial charge on any atom is 0.218 e. The van der Waals surface area contributed by atoms with Crippen LogP contribution >= 0.6 is 0 Å². The number of fused-ring (bicyclic) bond motifs is 3. The number of aryl methyl sites for hydroxylation is 2. The highest BCUT2D eigenvalue weighted by atomic mass is 15.0. The maximum atomic E-state index is 4.52. The summed E-state index contributed by atoms with van der Waals surface area (Å²) in [6.45, 7) is 13.4. The highest BCUT2D eigenvalue weighted by molar-refractivity contribution is 5.79. The number of allylic oxidation sites excluding steroid dienone is 1. The average Bonchev–Trinajstić information content (AvgIpc) is 2.71. The van der Waals surface area contributed by atoms with Crippen molar-refractivity contribution >= 4 is 5.70 Å². The van der Waals surface area contributed by atoms with E-state index in [0.29, 0.717) is 0 Å². The minimum Gasteiger partial charge on any atom is -0.164 e. The van der Waals surface area contributed by atoms with Gasteiger partial charge in [-0.15, -0.1) is 0 Å². The standard InChI is InChI=1S/C26H28N/c1-6-26(7-2)20(5)27-15-9-8-10-25(27)23-17-21(13-14-24(23)26)22-16-18(3)11-12-19(22)4/h8-17H,5-7H2,1-4H3/q+1. The van der Waals surface area contributed by atoms with Crippen molar-refractivity contribution in [3.8, 4) is 22.4 Å². The van der Waals surface area contributed by atoms with Crippen molar-refractivity contribution in [3.05, 3.63) is 84.1 Å². The first-order valence-electron chi connectivity index (χ1n) is 9.95. The molecule has 1 nitrogen and oxygen atoms in total. The molecule has 0 amide bonds. The lowest BCUT2D eigenvalue weighted by molar-refractivity contribution is -0.577. The summed E-state index contributed by atoms with van der Waals surface area (Å²) in [5.41, 5.74) is 10.4. The van der Waals surface area contributed by atoms with E-state index in [1.807, 2.05) is 0 Å². The molecule has 1 aromatic heterocycles. The van der Waals surface area contributed by atoms with Gasteiger partial charge in [0.15, 0.2) is 11.9 Å². The summed E-state index contributed by atoms with van der Waals surface area (Å²) >= 11 is 0. The quantitative estimate of drug-likeness (QED) is 0.475. The van der Waals surface area contributed by atoms with Gasteiger partial charge in [-0.25, -0.2) is 0 Å². The van der Waals surface area contributed by atoms with Crippen LogP contribution in [0.4, 0.5) is 0 Å². The van der Waals surface area contributed by atoms with Gasteiger partial charge in [0.1, 0.15) is 0 Å². The van der Waals surface area contributed by atoms with Gasteiger partial charge in [0.2, 0.25) is 5.69 Å². The molecule has 0 N–H and O–H groups in total. The Bertz CT molecular complexity index is 1040. The molecule has 2 aromatic carbocycles. The van der Waals surface area contributed by atoms with E-state index in [4.69, 9.17) is 0 Å². The van der Waals surface area contributed by atoms with Gasteiger partial charge in [0, 0.05) is 12.1 Å². The molecule has 1 aliphatic rings. The molecule has 136 valence electrons. The number of rotatable bonds is 3. The first kappa shape index (κ1) is 17.7. The Morgan fingerprint density at radius 2 is 1.67 bits per heavy atom. The number of hydrogen-bond acceptors (Lipinski definition) is 0. The fourth-order valence-corrected chi connectivity index (χ4v) is 4.71. The zero-order valence-electron chi connectivity index (χ0n) is 16.8. The number of aromatic nitrogens is 1. The first-order valence-corrected chi connectivity index (χ1v) is 9.95. The largest absolute Gasteiger partial charge is 0.218 e. The summed E-state index contributed by atoms with van der Waals surface area (Å²) in [7, 11) is 0. The van der Waals surface area contributed by atoms with Gasteiger partial charge in [-0.2, -0.15) is 4.57 Å². The first-order chi connectivity index (χ1) is 13.0. The second-order valence-electron chi connectivity index (χ2n) is 7.77. The molecular weight excluding hydrogens is 326 g/mol. The van der Waals surface area contributed by atoms with Crippen molar-refractivity contribution in [2.45, 2.75) is 46.0 Å². The van der Waals surface area contributed by atoms with Crippen molar-refractivity contribution < 1.29 is 4.57 Å². The van der Waals surface area contributed by atoms with Crippen LogP contribution in [-0.2, 0) is 5.41 Å². The van der Waals surface area contributed by atoms with Crippen LogP contribution in [0, 0.1) is 13.8 Å². The van der Waals surface area contributed by atoms with E-state index in [1.54, 1.807) is 0 Å². The second-order valence-corrected chi connectivity index (χ2v) is 7.77. The second kappa shape index (κ2) is 6.49. The molecule has 1 heteroatoms. The predicted octanol–water partition coefficient (Wildman–Crippen LogP) is 6.47. The summed E-state index contributed by atoms with van der Waals surface area (Å²) in [6.07, 6.45) is 4.27. The maximum absolute atomic E-state index is 4.52. The number of nitrogens with zero attached hydrogens (tertiary/aromatic N) is 1. The van der Waals surface area contributed by atoms with Gasteiger partial charge in [-0.3, -0.25) is 0 Å². The Labute approximate surface area is 163 Å². The highest BCUT2D eigenvalue weighted by Crippen LogP contribution is 2.47. The minimum atomic E-state index is -0.00542. The van der Waals surface area contributed by atoms with Gasteiger partial charge >= 0.3 is 0 Å². The summed E-state index contributed by atoms with van der Waals surface area (Å²) in [5.74, 6) is 0. The lowest BCUT2D eigenvalue weighted by Crippen LogP contribution is -2.48. The molecule has 0 saturated heterocycles. The summed E-state index contributed by atoms with van der Waals surface area (Å²) < 4.78 is 2.29. The van der Waals surface area contributed by atoms with Crippen molar-refractivity contribution in [3.63, 3.8) is 0 Å². The number of benzene rings is 2. The van der Waals surface area contributed by atoms with Gasteiger partial charge in [-0.1, -0.05) is 49.7 Å². The molecular formula is C26H28N+. The fraction of sp³-hybridized carbons (Fsp3) is 0.269. The third-order valence-corrected chi connectivity index (χ3v) is 6.43. The fourth-order valence-electron chi connectivity index (χ4n) is 4.71. The molecule has 0 bridgehead atoms. The Kier molecular flexibility index (Phi) is 4.26. The van der Waals surface area contributed by atoms with Crippen LogP contribution in [0.25, 0.3) is 28.1 Å². The topological polar surface area (TPSA) is 3.88 Å². The predicted molar refractivity (Wildman–Crippen MR) is 115 cm³/mol. The van der Waals surface area contributed by atoms with E-state index in [0.717, 1.165) is 12.8 Å². The van der Waals surface area contributed by atoms with Crippen molar-refractivity contribution in [1.29, 1.82) is 0 Å². The molecule has 0 spiro atoms. The zero-order valence-corrected chi connectivity index (χ0v) is 16.8. The van der Waals surface area contributed by atoms with E-state index in [-0.39, 0.29) is 5.41 Å². The van der Waals surface area contributed by atoms with Crippen LogP contribution in [0.5, 0.6) is 0 Å². The van der Waals surface area contributed by atoms with Crippen LogP contribution in [0.1, 0.15) is 43.4 Å². The molecule has 0 unspecified atom stereocenters.